The predicted octanol–water partition coefficient (Wildman–Crippen LogP) is 2.14. The van der Waals surface area contributed by atoms with E-state index in [2.05, 4.69) is 14.7 Å². The van der Waals surface area contributed by atoms with E-state index in [4.69, 9.17) is 0 Å². The van der Waals surface area contributed by atoms with Gasteiger partial charge in [-0.2, -0.15) is 0 Å². The number of hydrogen-bond acceptors (Lipinski definition) is 4. The highest BCUT2D eigenvalue weighted by Crippen LogP contribution is 2.21. The van der Waals surface area contributed by atoms with E-state index in [1.165, 1.54) is 19.4 Å². The maximum Gasteiger partial charge on any atom is 0.313 e. The zero-order chi connectivity index (χ0) is 13.8. The van der Waals surface area contributed by atoms with Crippen LogP contribution in [0.2, 0.25) is 0 Å². The Labute approximate surface area is 108 Å². The van der Waals surface area contributed by atoms with E-state index in [1.54, 1.807) is 0 Å². The van der Waals surface area contributed by atoms with Gasteiger partial charge < -0.3 is 4.74 Å². The summed E-state index contributed by atoms with van der Waals surface area (Å²) in [5.74, 6) is -1.47. The molecule has 0 bridgehead atoms. The molecule has 4 nitrogen and oxygen atoms in total. The smallest absolute Gasteiger partial charge is 0.313 e. The molecular weight excluding hydrogens is 254 g/mol. The van der Waals surface area contributed by atoms with Crippen LogP contribution in [0.5, 0.6) is 0 Å². The van der Waals surface area contributed by atoms with Crippen LogP contribution in [0.3, 0.4) is 0 Å². The minimum atomic E-state index is -0.593. The second kappa shape index (κ2) is 5.51. The van der Waals surface area contributed by atoms with Crippen molar-refractivity contribution < 1.29 is 18.3 Å². The molecule has 0 atom stereocenters. The van der Waals surface area contributed by atoms with Crippen molar-refractivity contribution >= 4 is 5.97 Å². The van der Waals surface area contributed by atoms with Gasteiger partial charge in [0.05, 0.1) is 12.8 Å². The molecule has 0 fully saturated rings. The van der Waals surface area contributed by atoms with Crippen molar-refractivity contribution in [2.45, 2.75) is 6.42 Å². The molecule has 1 aromatic carbocycles. The van der Waals surface area contributed by atoms with Gasteiger partial charge in [0, 0.05) is 11.8 Å². The third-order valence-corrected chi connectivity index (χ3v) is 2.44. The molecule has 1 heterocycles. The van der Waals surface area contributed by atoms with Gasteiger partial charge in [-0.1, -0.05) is 0 Å². The van der Waals surface area contributed by atoms with E-state index >= 15 is 0 Å². The summed E-state index contributed by atoms with van der Waals surface area (Å²) in [5, 5.41) is 0. The number of rotatable bonds is 3. The molecule has 2 aromatic rings. The van der Waals surface area contributed by atoms with Gasteiger partial charge in [0.1, 0.15) is 23.9 Å². The van der Waals surface area contributed by atoms with Crippen molar-refractivity contribution in [1.82, 2.24) is 9.97 Å². The average molecular weight is 264 g/mol. The molecule has 0 amide bonds. The molecule has 0 saturated heterocycles. The number of halogens is 2. The fourth-order valence-electron chi connectivity index (χ4n) is 1.53. The monoisotopic (exact) mass is 264 g/mol. The van der Waals surface area contributed by atoms with Crippen LogP contribution in [0.15, 0.2) is 30.5 Å². The Morgan fingerprint density at radius 2 is 2.11 bits per heavy atom. The van der Waals surface area contributed by atoms with E-state index in [0.717, 1.165) is 18.2 Å². The standard InChI is InChI=1S/C13H10F2N2O2/c1-19-13(18)7-12-16-5-4-11(17-12)9-6-8(14)2-3-10(9)15/h2-6H,7H2,1H3. The van der Waals surface area contributed by atoms with E-state index in [-0.39, 0.29) is 23.5 Å². The second-order valence-corrected chi connectivity index (χ2v) is 3.74. The lowest BCUT2D eigenvalue weighted by Gasteiger charge is -2.04. The topological polar surface area (TPSA) is 52.1 Å². The Balaban J connectivity index is 2.37. The first-order valence-corrected chi connectivity index (χ1v) is 5.44. The molecule has 0 N–H and O–H groups in total. The van der Waals surface area contributed by atoms with Gasteiger partial charge in [-0.25, -0.2) is 18.7 Å². The zero-order valence-corrected chi connectivity index (χ0v) is 10.1. The average Bonchev–Trinajstić information content (AvgIpc) is 2.41. The summed E-state index contributed by atoms with van der Waals surface area (Å²) in [4.78, 5) is 19.0. The van der Waals surface area contributed by atoms with Gasteiger partial charge in [0.15, 0.2) is 0 Å². The first-order chi connectivity index (χ1) is 9.10. The molecule has 0 spiro atoms. The molecule has 0 aliphatic carbocycles. The summed E-state index contributed by atoms with van der Waals surface area (Å²) in [6.45, 7) is 0. The minimum absolute atomic E-state index is 0.0218. The molecular formula is C13H10F2N2O2. The minimum Gasteiger partial charge on any atom is -0.469 e. The van der Waals surface area contributed by atoms with Crippen molar-refractivity contribution in [3.05, 3.63) is 47.9 Å². The summed E-state index contributed by atoms with van der Waals surface area (Å²) >= 11 is 0. The molecule has 0 aliphatic heterocycles. The van der Waals surface area contributed by atoms with Gasteiger partial charge in [-0.05, 0) is 24.3 Å². The Morgan fingerprint density at radius 1 is 1.32 bits per heavy atom. The summed E-state index contributed by atoms with van der Waals surface area (Å²) in [6.07, 6.45) is 1.26. The molecule has 0 aliphatic rings. The normalized spacial score (nSPS) is 10.3. The molecule has 0 radical (unpaired) electrons. The number of methoxy groups -OCH3 is 1. The van der Waals surface area contributed by atoms with Crippen molar-refractivity contribution in [1.29, 1.82) is 0 Å². The van der Waals surface area contributed by atoms with Crippen LogP contribution in [-0.4, -0.2) is 23.0 Å². The SMILES string of the molecule is COC(=O)Cc1nccc(-c2cc(F)ccc2F)n1. The fraction of sp³-hybridized carbons (Fsp3) is 0.154. The fourth-order valence-corrected chi connectivity index (χ4v) is 1.53. The highest BCUT2D eigenvalue weighted by molar-refractivity contribution is 5.71. The Hall–Kier alpha value is -2.37. The van der Waals surface area contributed by atoms with Crippen molar-refractivity contribution in [3.8, 4) is 11.3 Å². The number of nitrogens with zero attached hydrogens (tertiary/aromatic N) is 2. The number of carbonyl (C=O) groups is 1. The number of ether oxygens (including phenoxy) is 1. The first-order valence-electron chi connectivity index (χ1n) is 5.44. The molecule has 6 heteroatoms. The molecule has 0 unspecified atom stereocenters. The summed E-state index contributed by atoms with van der Waals surface area (Å²) in [6, 6.07) is 4.53. The van der Waals surface area contributed by atoms with Gasteiger partial charge in [0.25, 0.3) is 0 Å². The van der Waals surface area contributed by atoms with Crippen molar-refractivity contribution in [2.75, 3.05) is 7.11 Å². The van der Waals surface area contributed by atoms with Crippen LogP contribution in [0.1, 0.15) is 5.82 Å². The third kappa shape index (κ3) is 3.09. The molecule has 98 valence electrons. The van der Waals surface area contributed by atoms with Crippen LogP contribution >= 0.6 is 0 Å². The molecule has 0 saturated carbocycles. The van der Waals surface area contributed by atoms with Crippen LogP contribution < -0.4 is 0 Å². The van der Waals surface area contributed by atoms with Gasteiger partial charge >= 0.3 is 5.97 Å². The van der Waals surface area contributed by atoms with Gasteiger partial charge in [-0.15, -0.1) is 0 Å². The maximum absolute atomic E-state index is 13.6. The van der Waals surface area contributed by atoms with Crippen LogP contribution in [-0.2, 0) is 16.0 Å². The third-order valence-electron chi connectivity index (χ3n) is 2.44. The highest BCUT2D eigenvalue weighted by atomic mass is 19.1. The highest BCUT2D eigenvalue weighted by Gasteiger charge is 2.11. The largest absolute Gasteiger partial charge is 0.469 e. The van der Waals surface area contributed by atoms with E-state index < -0.39 is 17.6 Å². The summed E-state index contributed by atoms with van der Waals surface area (Å²) < 4.78 is 31.2. The Bertz CT molecular complexity index is 617. The summed E-state index contributed by atoms with van der Waals surface area (Å²) in [7, 11) is 1.25. The molecule has 2 rings (SSSR count). The lowest BCUT2D eigenvalue weighted by molar-refractivity contribution is -0.139. The number of carbonyl (C=O) groups excluding carboxylic acids is 1. The number of hydrogen-bond donors (Lipinski definition) is 0. The van der Waals surface area contributed by atoms with E-state index in [0.29, 0.717) is 0 Å². The van der Waals surface area contributed by atoms with E-state index in [1.807, 2.05) is 0 Å². The van der Waals surface area contributed by atoms with E-state index in [9.17, 15) is 13.6 Å². The van der Waals surface area contributed by atoms with Crippen LogP contribution in [0, 0.1) is 11.6 Å². The lowest BCUT2D eigenvalue weighted by atomic mass is 10.1. The Kier molecular flexibility index (Phi) is 3.79. The van der Waals surface area contributed by atoms with Gasteiger partial charge in [-0.3, -0.25) is 4.79 Å². The second-order valence-electron chi connectivity index (χ2n) is 3.74. The quantitative estimate of drug-likeness (QED) is 0.797. The molecule has 19 heavy (non-hydrogen) atoms. The number of esters is 1. The van der Waals surface area contributed by atoms with Crippen LogP contribution in [0.4, 0.5) is 8.78 Å². The lowest BCUT2D eigenvalue weighted by Crippen LogP contribution is -2.08. The molecule has 1 aromatic heterocycles. The van der Waals surface area contributed by atoms with Crippen molar-refractivity contribution in [2.24, 2.45) is 0 Å². The summed E-state index contributed by atoms with van der Waals surface area (Å²) in [5.41, 5.74) is 0.236. The van der Waals surface area contributed by atoms with Crippen molar-refractivity contribution in [3.63, 3.8) is 0 Å². The number of aromatic nitrogens is 2. The number of benzene rings is 1. The first kappa shape index (κ1) is 13.1. The van der Waals surface area contributed by atoms with Crippen LogP contribution in [0.25, 0.3) is 11.3 Å². The predicted molar refractivity (Wildman–Crippen MR) is 63.1 cm³/mol. The van der Waals surface area contributed by atoms with Gasteiger partial charge in [0.2, 0.25) is 0 Å². The zero-order valence-electron chi connectivity index (χ0n) is 10.1. The maximum atomic E-state index is 13.6. The Morgan fingerprint density at radius 3 is 2.84 bits per heavy atom.